The Morgan fingerprint density at radius 3 is 2.60 bits per heavy atom. The lowest BCUT2D eigenvalue weighted by atomic mass is 10.1. The summed E-state index contributed by atoms with van der Waals surface area (Å²) in [5, 5.41) is 21.8. The Morgan fingerprint density at radius 2 is 1.90 bits per heavy atom. The van der Waals surface area contributed by atoms with E-state index in [2.05, 4.69) is 15.3 Å². The van der Waals surface area contributed by atoms with Crippen LogP contribution in [0.4, 0.5) is 11.5 Å². The molecule has 0 aliphatic carbocycles. The number of nitrogen functional groups attached to an aromatic ring is 2. The van der Waals surface area contributed by atoms with Crippen LogP contribution in [-0.2, 0) is 0 Å². The fourth-order valence-electron chi connectivity index (χ4n) is 1.87. The van der Waals surface area contributed by atoms with Gasteiger partial charge in [0, 0.05) is 5.56 Å². The lowest BCUT2D eigenvalue weighted by molar-refractivity contribution is 0.477. The van der Waals surface area contributed by atoms with E-state index in [1.165, 1.54) is 10.9 Å². The molecule has 0 spiro atoms. The monoisotopic (exact) mass is 268 g/mol. The quantitative estimate of drug-likeness (QED) is 0.643. The van der Waals surface area contributed by atoms with E-state index in [0.29, 0.717) is 22.6 Å². The normalized spacial score (nSPS) is 10.6. The predicted octanol–water partition coefficient (Wildman–Crippen LogP) is 1.20. The summed E-state index contributed by atoms with van der Waals surface area (Å²) in [5.41, 5.74) is 13.6. The fraction of sp³-hybridized carbons (Fsp3) is 0. The van der Waals surface area contributed by atoms with Gasteiger partial charge in [-0.15, -0.1) is 10.2 Å². The second-order valence-electron chi connectivity index (χ2n) is 4.24. The van der Waals surface area contributed by atoms with Crippen molar-refractivity contribution in [1.82, 2.24) is 20.0 Å². The lowest BCUT2D eigenvalue weighted by Crippen LogP contribution is -2.05. The highest BCUT2D eigenvalue weighted by Gasteiger charge is 2.11. The second kappa shape index (κ2) is 4.54. The molecule has 2 aromatic heterocycles. The van der Waals surface area contributed by atoms with Crippen molar-refractivity contribution in [2.45, 2.75) is 0 Å². The van der Waals surface area contributed by atoms with Crippen LogP contribution < -0.4 is 11.5 Å². The molecule has 5 N–H and O–H groups in total. The Hall–Kier alpha value is -3.09. The highest BCUT2D eigenvalue weighted by atomic mass is 16.3. The molecule has 0 aliphatic rings. The number of rotatable bonds is 2. The van der Waals surface area contributed by atoms with Gasteiger partial charge >= 0.3 is 0 Å². The van der Waals surface area contributed by atoms with Crippen molar-refractivity contribution in [2.24, 2.45) is 0 Å². The maximum Gasteiger partial charge on any atom is 0.172 e. The molecule has 0 aliphatic heterocycles. The molecule has 3 rings (SSSR count). The molecule has 3 aromatic rings. The largest absolute Gasteiger partial charge is 0.507 e. The first kappa shape index (κ1) is 12.0. The zero-order valence-corrected chi connectivity index (χ0v) is 10.4. The van der Waals surface area contributed by atoms with Gasteiger partial charge in [0.25, 0.3) is 0 Å². The molecule has 20 heavy (non-hydrogen) atoms. The molecule has 7 nitrogen and oxygen atoms in total. The van der Waals surface area contributed by atoms with Gasteiger partial charge < -0.3 is 16.6 Å². The number of para-hydroxylation sites is 1. The fourth-order valence-corrected chi connectivity index (χ4v) is 1.87. The maximum atomic E-state index is 9.86. The summed E-state index contributed by atoms with van der Waals surface area (Å²) in [4.78, 5) is 0. The molecule has 0 unspecified atom stereocenters. The number of nitrogens with zero attached hydrogens (tertiary/aromatic N) is 4. The first-order chi connectivity index (χ1) is 9.65. The van der Waals surface area contributed by atoms with E-state index >= 15 is 0 Å². The van der Waals surface area contributed by atoms with Gasteiger partial charge in [-0.05, 0) is 18.2 Å². The SMILES string of the molecule is Nc1cnn(-c2cc(-c3ccccc3O)nnc2N)c1. The predicted molar refractivity (Wildman–Crippen MR) is 75.1 cm³/mol. The zero-order valence-electron chi connectivity index (χ0n) is 10.4. The van der Waals surface area contributed by atoms with Crippen LogP contribution in [0.1, 0.15) is 0 Å². The third-order valence-corrected chi connectivity index (χ3v) is 2.83. The maximum absolute atomic E-state index is 9.86. The smallest absolute Gasteiger partial charge is 0.172 e. The van der Waals surface area contributed by atoms with Crippen LogP contribution in [0.25, 0.3) is 16.9 Å². The van der Waals surface area contributed by atoms with Crippen LogP contribution in [0.5, 0.6) is 5.75 Å². The van der Waals surface area contributed by atoms with Crippen molar-refractivity contribution >= 4 is 11.5 Å². The summed E-state index contributed by atoms with van der Waals surface area (Å²) in [7, 11) is 0. The minimum Gasteiger partial charge on any atom is -0.507 e. The summed E-state index contributed by atoms with van der Waals surface area (Å²) in [5.74, 6) is 0.352. The Balaban J connectivity index is 2.14. The Bertz CT molecular complexity index is 767. The molecule has 0 bridgehead atoms. The van der Waals surface area contributed by atoms with Gasteiger partial charge in [-0.25, -0.2) is 4.68 Å². The summed E-state index contributed by atoms with van der Waals surface area (Å²) in [6.45, 7) is 0. The van der Waals surface area contributed by atoms with Crippen LogP contribution in [0.15, 0.2) is 42.7 Å². The first-order valence-corrected chi connectivity index (χ1v) is 5.87. The number of phenols is 1. The molecule has 1 aromatic carbocycles. The van der Waals surface area contributed by atoms with E-state index in [0.717, 1.165) is 0 Å². The van der Waals surface area contributed by atoms with Gasteiger partial charge in [0.15, 0.2) is 5.82 Å². The molecule has 0 atom stereocenters. The van der Waals surface area contributed by atoms with Gasteiger partial charge in [-0.1, -0.05) is 12.1 Å². The molecule has 0 fully saturated rings. The number of aromatic hydroxyl groups is 1. The summed E-state index contributed by atoms with van der Waals surface area (Å²) < 4.78 is 1.52. The number of phenolic OH excluding ortho intramolecular Hbond substituents is 1. The first-order valence-electron chi connectivity index (χ1n) is 5.87. The molecule has 0 radical (unpaired) electrons. The van der Waals surface area contributed by atoms with Crippen molar-refractivity contribution in [3.63, 3.8) is 0 Å². The number of nitrogens with two attached hydrogens (primary N) is 2. The topological polar surface area (TPSA) is 116 Å². The van der Waals surface area contributed by atoms with E-state index in [9.17, 15) is 5.11 Å². The Kier molecular flexibility index (Phi) is 2.72. The standard InChI is InChI=1S/C13H12N6O/c14-8-6-16-19(7-8)11-5-10(17-18-13(11)15)9-3-1-2-4-12(9)20/h1-7,20H,14H2,(H2,15,18). The van der Waals surface area contributed by atoms with Crippen molar-refractivity contribution < 1.29 is 5.11 Å². The second-order valence-corrected chi connectivity index (χ2v) is 4.24. The zero-order chi connectivity index (χ0) is 14.1. The van der Waals surface area contributed by atoms with Crippen LogP contribution in [0.2, 0.25) is 0 Å². The summed E-state index contributed by atoms with van der Waals surface area (Å²) >= 11 is 0. The van der Waals surface area contributed by atoms with Crippen LogP contribution >= 0.6 is 0 Å². The molecular weight excluding hydrogens is 256 g/mol. The van der Waals surface area contributed by atoms with Gasteiger partial charge in [0.05, 0.1) is 23.8 Å². The minimum absolute atomic E-state index is 0.123. The van der Waals surface area contributed by atoms with Crippen LogP contribution in [0.3, 0.4) is 0 Å². The van der Waals surface area contributed by atoms with Gasteiger partial charge in [0.2, 0.25) is 0 Å². The van der Waals surface area contributed by atoms with Crippen LogP contribution in [-0.4, -0.2) is 25.1 Å². The highest BCUT2D eigenvalue weighted by molar-refractivity contribution is 5.70. The van der Waals surface area contributed by atoms with E-state index in [4.69, 9.17) is 11.5 Å². The van der Waals surface area contributed by atoms with Crippen LogP contribution in [0, 0.1) is 0 Å². The third kappa shape index (κ3) is 2.01. The van der Waals surface area contributed by atoms with Crippen molar-refractivity contribution in [3.05, 3.63) is 42.7 Å². The highest BCUT2D eigenvalue weighted by Crippen LogP contribution is 2.28. The number of hydrogen-bond acceptors (Lipinski definition) is 6. The van der Waals surface area contributed by atoms with Gasteiger partial charge in [-0.2, -0.15) is 5.10 Å². The van der Waals surface area contributed by atoms with Gasteiger partial charge in [0.1, 0.15) is 11.4 Å². The average molecular weight is 268 g/mol. The molecular formula is C13H12N6O. The summed E-state index contributed by atoms with van der Waals surface area (Å²) in [6.07, 6.45) is 3.14. The third-order valence-electron chi connectivity index (χ3n) is 2.83. The number of aromatic nitrogens is 4. The van der Waals surface area contributed by atoms with Crippen molar-refractivity contribution in [3.8, 4) is 22.7 Å². The number of hydrogen-bond donors (Lipinski definition) is 3. The molecule has 7 heteroatoms. The molecule has 0 amide bonds. The molecule has 100 valence electrons. The number of benzene rings is 1. The Morgan fingerprint density at radius 1 is 1.10 bits per heavy atom. The van der Waals surface area contributed by atoms with Gasteiger partial charge in [-0.3, -0.25) is 0 Å². The average Bonchev–Trinajstić information content (AvgIpc) is 2.87. The number of anilines is 2. The van der Waals surface area contributed by atoms with E-state index in [-0.39, 0.29) is 11.6 Å². The van der Waals surface area contributed by atoms with Crippen molar-refractivity contribution in [2.75, 3.05) is 11.5 Å². The Labute approximate surface area is 114 Å². The van der Waals surface area contributed by atoms with Crippen molar-refractivity contribution in [1.29, 1.82) is 0 Å². The lowest BCUT2D eigenvalue weighted by Gasteiger charge is -2.07. The molecule has 0 saturated carbocycles. The van der Waals surface area contributed by atoms with E-state index in [1.54, 1.807) is 36.5 Å². The van der Waals surface area contributed by atoms with E-state index in [1.807, 2.05) is 0 Å². The van der Waals surface area contributed by atoms with E-state index < -0.39 is 0 Å². The minimum atomic E-state index is 0.123. The summed E-state index contributed by atoms with van der Waals surface area (Å²) in [6, 6.07) is 8.57. The molecule has 2 heterocycles. The molecule has 0 saturated heterocycles.